The van der Waals surface area contributed by atoms with Gasteiger partial charge in [-0.05, 0) is 51.3 Å². The van der Waals surface area contributed by atoms with Crippen molar-refractivity contribution in [3.8, 4) is 0 Å². The molecule has 1 aromatic carbocycles. The fourth-order valence-corrected chi connectivity index (χ4v) is 6.77. The molecule has 1 unspecified atom stereocenters. The van der Waals surface area contributed by atoms with Gasteiger partial charge < -0.3 is 31.2 Å². The molecule has 15 heteroatoms. The number of hydrogen-bond donors (Lipinski definition) is 4. The molecule has 3 amide bonds. The van der Waals surface area contributed by atoms with Gasteiger partial charge in [0.25, 0.3) is 0 Å². The quantitative estimate of drug-likeness (QED) is 0.275. The Balaban J connectivity index is 1.76. The van der Waals surface area contributed by atoms with Crippen molar-refractivity contribution >= 4 is 50.1 Å². The van der Waals surface area contributed by atoms with Crippen LogP contribution in [0.1, 0.15) is 64.6 Å². The largest absolute Gasteiger partial charge is 0.412 e. The van der Waals surface area contributed by atoms with Crippen LogP contribution in [0.25, 0.3) is 0 Å². The zero-order valence-electron chi connectivity index (χ0n) is 26.4. The van der Waals surface area contributed by atoms with Crippen LogP contribution in [-0.4, -0.2) is 72.4 Å². The molecule has 2 aromatic rings. The standard InChI is InChI=1S/C29H44N6O7S2/c1-19(36)31-25-32-22(23(43-25)18-35-14-16-44(39,40)17-15-35)13-10-20-8-11-21(12-9-20)33-29(27(2,3)4,41-24(30)37)42-26(38)34-28(5,6)7/h8-9,11-12,33H,10,13-18H2,1-7H3,(H2,30,37)(H,34,38)(H,31,32,36). The number of ether oxygens (including phenoxy) is 2. The molecule has 1 aliphatic rings. The van der Waals surface area contributed by atoms with Gasteiger partial charge in [0.15, 0.2) is 15.0 Å². The van der Waals surface area contributed by atoms with E-state index in [1.165, 1.54) is 18.3 Å². The molecule has 244 valence electrons. The Morgan fingerprint density at radius 3 is 2.14 bits per heavy atom. The molecule has 0 aliphatic carbocycles. The summed E-state index contributed by atoms with van der Waals surface area (Å²) in [5.74, 6) is -1.87. The second-order valence-electron chi connectivity index (χ2n) is 12.9. The number of anilines is 2. The molecule has 5 N–H and O–H groups in total. The fraction of sp³-hybridized carbons (Fsp3) is 0.586. The maximum atomic E-state index is 12.7. The smallest absolute Gasteiger partial charge is 0.387 e. The number of sulfone groups is 1. The highest BCUT2D eigenvalue weighted by molar-refractivity contribution is 7.91. The summed E-state index contributed by atoms with van der Waals surface area (Å²) >= 11 is 1.40. The van der Waals surface area contributed by atoms with Crippen LogP contribution in [0.2, 0.25) is 0 Å². The summed E-state index contributed by atoms with van der Waals surface area (Å²) in [6.45, 7) is 13.5. The molecule has 1 aliphatic heterocycles. The molecular formula is C29H44N6O7S2. The number of nitrogens with one attached hydrogen (secondary N) is 3. The topological polar surface area (TPSA) is 182 Å². The van der Waals surface area contributed by atoms with Gasteiger partial charge in [0, 0.05) is 42.7 Å². The van der Waals surface area contributed by atoms with Gasteiger partial charge in [-0.1, -0.05) is 32.9 Å². The third-order valence-corrected chi connectivity index (χ3v) is 9.33. The van der Waals surface area contributed by atoms with Gasteiger partial charge in [0.05, 0.1) is 22.6 Å². The van der Waals surface area contributed by atoms with Crippen molar-refractivity contribution in [2.24, 2.45) is 11.1 Å². The first-order chi connectivity index (χ1) is 20.3. The van der Waals surface area contributed by atoms with E-state index in [1.54, 1.807) is 53.7 Å². The van der Waals surface area contributed by atoms with Crippen molar-refractivity contribution in [1.82, 2.24) is 15.2 Å². The van der Waals surface area contributed by atoms with Crippen molar-refractivity contribution < 1.29 is 32.3 Å². The van der Waals surface area contributed by atoms with E-state index < -0.39 is 38.9 Å². The van der Waals surface area contributed by atoms with Crippen molar-refractivity contribution in [2.45, 2.75) is 79.3 Å². The van der Waals surface area contributed by atoms with Crippen molar-refractivity contribution in [1.29, 1.82) is 0 Å². The van der Waals surface area contributed by atoms with Gasteiger partial charge in [-0.2, -0.15) is 0 Å². The lowest BCUT2D eigenvalue weighted by atomic mass is 9.90. The average Bonchev–Trinajstić information content (AvgIpc) is 3.22. The molecule has 3 rings (SSSR count). The highest BCUT2D eigenvalue weighted by Gasteiger charge is 2.50. The van der Waals surface area contributed by atoms with Gasteiger partial charge in [-0.15, -0.1) is 11.3 Å². The summed E-state index contributed by atoms with van der Waals surface area (Å²) in [4.78, 5) is 44.0. The highest BCUT2D eigenvalue weighted by Crippen LogP contribution is 2.37. The number of amides is 3. The van der Waals surface area contributed by atoms with E-state index in [-0.39, 0.29) is 17.4 Å². The van der Waals surface area contributed by atoms with Gasteiger partial charge in [0.1, 0.15) is 0 Å². The number of aromatic nitrogens is 1. The van der Waals surface area contributed by atoms with E-state index in [0.717, 1.165) is 16.1 Å². The number of carbonyl (C=O) groups is 3. The van der Waals surface area contributed by atoms with E-state index in [2.05, 4.69) is 25.8 Å². The minimum Gasteiger partial charge on any atom is -0.387 e. The first-order valence-corrected chi connectivity index (χ1v) is 17.0. The van der Waals surface area contributed by atoms with Crippen LogP contribution in [-0.2, 0) is 43.5 Å². The molecule has 1 saturated heterocycles. The Kier molecular flexibility index (Phi) is 10.9. The van der Waals surface area contributed by atoms with E-state index in [1.807, 2.05) is 12.1 Å². The lowest BCUT2D eigenvalue weighted by Crippen LogP contribution is -2.59. The second kappa shape index (κ2) is 13.7. The maximum Gasteiger partial charge on any atom is 0.412 e. The second-order valence-corrected chi connectivity index (χ2v) is 16.3. The van der Waals surface area contributed by atoms with Crippen LogP contribution in [0.5, 0.6) is 0 Å². The van der Waals surface area contributed by atoms with Crippen LogP contribution in [0.15, 0.2) is 24.3 Å². The predicted molar refractivity (Wildman–Crippen MR) is 170 cm³/mol. The highest BCUT2D eigenvalue weighted by atomic mass is 32.2. The molecule has 0 saturated carbocycles. The molecule has 0 bridgehead atoms. The Bertz CT molecular complexity index is 1430. The number of benzene rings is 1. The van der Waals surface area contributed by atoms with Crippen LogP contribution < -0.4 is 21.7 Å². The number of hydrogen-bond acceptors (Lipinski definition) is 11. The summed E-state index contributed by atoms with van der Waals surface area (Å²) in [6.07, 6.45) is -0.674. The molecule has 1 aromatic heterocycles. The number of alkyl carbamates (subject to hydrolysis) is 1. The Morgan fingerprint density at radius 1 is 1.00 bits per heavy atom. The van der Waals surface area contributed by atoms with Crippen LogP contribution >= 0.6 is 11.3 Å². The number of aryl methyl sites for hydroxylation is 2. The van der Waals surface area contributed by atoms with Crippen molar-refractivity contribution in [2.75, 3.05) is 35.2 Å². The van der Waals surface area contributed by atoms with Crippen LogP contribution in [0.3, 0.4) is 0 Å². The van der Waals surface area contributed by atoms with Gasteiger partial charge in [-0.3, -0.25) is 9.69 Å². The van der Waals surface area contributed by atoms with Crippen LogP contribution in [0.4, 0.5) is 20.4 Å². The van der Waals surface area contributed by atoms with E-state index in [9.17, 15) is 22.8 Å². The monoisotopic (exact) mass is 652 g/mol. The van der Waals surface area contributed by atoms with E-state index in [0.29, 0.717) is 43.3 Å². The zero-order chi connectivity index (χ0) is 32.9. The third-order valence-electron chi connectivity index (χ3n) is 6.72. The minimum atomic E-state index is -2.99. The average molecular weight is 653 g/mol. The molecule has 0 radical (unpaired) electrons. The Morgan fingerprint density at radius 2 is 1.61 bits per heavy atom. The number of carbonyl (C=O) groups excluding carboxylic acids is 3. The Labute approximate surface area is 263 Å². The molecule has 1 atom stereocenters. The molecular weight excluding hydrogens is 608 g/mol. The number of nitrogens with zero attached hydrogens (tertiary/aromatic N) is 2. The van der Waals surface area contributed by atoms with Crippen molar-refractivity contribution in [3.63, 3.8) is 0 Å². The number of primary amides is 1. The third kappa shape index (κ3) is 10.3. The van der Waals surface area contributed by atoms with Gasteiger partial charge >= 0.3 is 18.1 Å². The van der Waals surface area contributed by atoms with Crippen LogP contribution in [0, 0.1) is 5.41 Å². The summed E-state index contributed by atoms with van der Waals surface area (Å²) < 4.78 is 34.8. The number of thiazole rings is 1. The first kappa shape index (κ1) is 35.1. The maximum absolute atomic E-state index is 12.7. The first-order valence-electron chi connectivity index (χ1n) is 14.3. The fourth-order valence-electron chi connectivity index (χ4n) is 4.39. The number of rotatable bonds is 10. The molecule has 44 heavy (non-hydrogen) atoms. The normalized spacial score (nSPS) is 16.8. The lowest BCUT2D eigenvalue weighted by molar-refractivity contribution is -0.202. The van der Waals surface area contributed by atoms with E-state index in [4.69, 9.17) is 15.2 Å². The van der Waals surface area contributed by atoms with Crippen molar-refractivity contribution in [3.05, 3.63) is 40.4 Å². The zero-order valence-corrected chi connectivity index (χ0v) is 28.0. The minimum absolute atomic E-state index is 0.132. The number of nitrogens with two attached hydrogens (primary N) is 1. The molecule has 2 heterocycles. The van der Waals surface area contributed by atoms with Gasteiger partial charge in [0.2, 0.25) is 5.91 Å². The lowest BCUT2D eigenvalue weighted by Gasteiger charge is -2.42. The van der Waals surface area contributed by atoms with E-state index >= 15 is 0 Å². The molecule has 13 nitrogen and oxygen atoms in total. The Hall–Kier alpha value is -3.43. The summed E-state index contributed by atoms with van der Waals surface area (Å²) in [5.41, 5.74) is 6.22. The predicted octanol–water partition coefficient (Wildman–Crippen LogP) is 3.85. The molecule has 1 fully saturated rings. The summed E-state index contributed by atoms with van der Waals surface area (Å²) in [5, 5.41) is 9.02. The van der Waals surface area contributed by atoms with Gasteiger partial charge in [-0.25, -0.2) is 23.0 Å². The summed E-state index contributed by atoms with van der Waals surface area (Å²) in [6, 6.07) is 7.35. The SMILES string of the molecule is CC(=O)Nc1nc(CCc2ccc(NC(OC(N)=O)(OC(=O)NC(C)(C)C)C(C)(C)C)cc2)c(CN2CCS(=O)(=O)CC2)s1. The molecule has 0 spiro atoms. The summed E-state index contributed by atoms with van der Waals surface area (Å²) in [7, 11) is -2.99.